The second-order valence-corrected chi connectivity index (χ2v) is 22.1. The number of aliphatic hydroxyl groups excluding tert-OH is 3. The molecule has 1 aromatic heterocycles. The molecule has 12 N–H and O–H groups in total. The van der Waals surface area contributed by atoms with Crippen LogP contribution in [0, 0.1) is 17.8 Å². The lowest BCUT2D eigenvalue weighted by molar-refractivity contribution is -0.136. The molecule has 17 nitrogen and oxygen atoms in total. The van der Waals surface area contributed by atoms with Crippen LogP contribution in [0.25, 0.3) is 10.9 Å². The lowest BCUT2D eigenvalue weighted by Crippen LogP contribution is -2.61. The highest BCUT2D eigenvalue weighted by Gasteiger charge is 2.36. The summed E-state index contributed by atoms with van der Waals surface area (Å²) >= 11 is 0. The maximum Gasteiger partial charge on any atom is 0.245 e. The summed E-state index contributed by atoms with van der Waals surface area (Å²) in [6, 6.07) is 20.1. The number of unbranched alkanes of at least 4 members (excludes halogenated alkanes) is 1. The third-order valence-electron chi connectivity index (χ3n) is 13.1. The monoisotopic (exact) mass is 1040 g/mol. The average molecular weight is 1050 g/mol. The van der Waals surface area contributed by atoms with Gasteiger partial charge in [-0.05, 0) is 100 Å². The van der Waals surface area contributed by atoms with Gasteiger partial charge in [0, 0.05) is 52.9 Å². The van der Waals surface area contributed by atoms with Crippen molar-refractivity contribution in [1.29, 1.82) is 0 Å². The van der Waals surface area contributed by atoms with Gasteiger partial charge in [-0.1, -0.05) is 114 Å². The summed E-state index contributed by atoms with van der Waals surface area (Å²) in [6.07, 6.45) is 2.39. The van der Waals surface area contributed by atoms with Crippen molar-refractivity contribution in [2.45, 2.75) is 134 Å². The number of aromatic amines is 1. The number of nitrogens with one attached hydrogen (secondary N) is 7. The van der Waals surface area contributed by atoms with E-state index in [0.29, 0.717) is 57.2 Å². The smallest absolute Gasteiger partial charge is 0.245 e. The Balaban J connectivity index is 1.56. The van der Waals surface area contributed by atoms with Crippen molar-refractivity contribution in [2.75, 3.05) is 24.7 Å². The van der Waals surface area contributed by atoms with Crippen LogP contribution < -0.4 is 37.6 Å². The fourth-order valence-electron chi connectivity index (χ4n) is 8.90. The van der Waals surface area contributed by atoms with E-state index < -0.39 is 90.5 Å². The molecule has 3 aromatic carbocycles. The van der Waals surface area contributed by atoms with Crippen LogP contribution in [0.5, 0.6) is 0 Å². The summed E-state index contributed by atoms with van der Waals surface area (Å²) in [5, 5.41) is 49.2. The van der Waals surface area contributed by atoms with Crippen LogP contribution in [0.3, 0.4) is 0 Å². The lowest BCUT2D eigenvalue weighted by Gasteiger charge is -2.29. The van der Waals surface area contributed by atoms with E-state index in [2.05, 4.69) is 50.7 Å². The normalized spacial score (nSPS) is 22.7. The molecule has 19 heteroatoms. The predicted molar refractivity (Wildman–Crippen MR) is 288 cm³/mol. The molecule has 2 unspecified atom stereocenters. The van der Waals surface area contributed by atoms with Gasteiger partial charge in [0.2, 0.25) is 35.4 Å². The number of carbonyl (C=O) groups excluding carboxylic acids is 6. The van der Waals surface area contributed by atoms with E-state index in [1.54, 1.807) is 6.20 Å². The molecule has 398 valence electrons. The van der Waals surface area contributed by atoms with E-state index in [1.165, 1.54) is 35.4 Å². The molecular formula is C54H76N8O9S2. The van der Waals surface area contributed by atoms with Crippen LogP contribution >= 0.6 is 21.6 Å². The highest BCUT2D eigenvalue weighted by molar-refractivity contribution is 8.76. The molecule has 0 aliphatic carbocycles. The minimum Gasteiger partial charge on any atom is -0.394 e. The minimum absolute atomic E-state index is 0.0417. The zero-order valence-electron chi connectivity index (χ0n) is 42.4. The zero-order chi connectivity index (χ0) is 52.9. The number of H-pyrrole nitrogens is 1. The molecule has 1 fully saturated rings. The molecule has 1 saturated heterocycles. The number of benzene rings is 3. The number of fused-ring (bicyclic) bond motifs is 1. The quantitative estimate of drug-likeness (QED) is 0.0476. The molecule has 4 aromatic rings. The van der Waals surface area contributed by atoms with Crippen molar-refractivity contribution in [3.8, 4) is 0 Å². The summed E-state index contributed by atoms with van der Waals surface area (Å²) in [6.45, 7) is 6.57. The fourth-order valence-corrected chi connectivity index (χ4v) is 11.4. The number of rotatable bonds is 19. The van der Waals surface area contributed by atoms with Crippen molar-refractivity contribution < 1.29 is 44.1 Å². The Morgan fingerprint density at radius 1 is 0.740 bits per heavy atom. The Hall–Kier alpha value is -5.44. The molecule has 0 radical (unpaired) electrons. The highest BCUT2D eigenvalue weighted by Crippen LogP contribution is 2.28. The number of hydrogen-bond donors (Lipinski definition) is 11. The maximum absolute atomic E-state index is 14.9. The number of nitrogens with two attached hydrogens (primary N) is 1. The first-order valence-electron chi connectivity index (χ1n) is 25.4. The molecule has 73 heavy (non-hydrogen) atoms. The summed E-state index contributed by atoms with van der Waals surface area (Å²) in [5.41, 5.74) is 9.34. The van der Waals surface area contributed by atoms with Gasteiger partial charge < -0.3 is 57.9 Å². The number of hydrogen-bond acceptors (Lipinski definition) is 12. The Kier molecular flexibility index (Phi) is 24.1. The number of amides is 6. The molecule has 6 amide bonds. The zero-order valence-corrected chi connectivity index (χ0v) is 44.0. The third kappa shape index (κ3) is 18.8. The van der Waals surface area contributed by atoms with E-state index in [0.717, 1.165) is 27.6 Å². The van der Waals surface area contributed by atoms with Crippen molar-refractivity contribution in [3.05, 3.63) is 108 Å². The number of carbonyl (C=O) groups is 6. The van der Waals surface area contributed by atoms with Crippen LogP contribution in [0.2, 0.25) is 0 Å². The second-order valence-electron chi connectivity index (χ2n) is 19.6. The Labute approximate surface area is 436 Å². The largest absolute Gasteiger partial charge is 0.394 e. The first-order chi connectivity index (χ1) is 35.1. The SMILES string of the molecule is CC(C)C[C@H](Cc1ccccc1)C(=O)N[C@@H]1CC[C@@H](Cc2ccccc2)C(=O)N[C@H](Cc2c[nH]c3ccccc23)C(=O)N[C@@H](CCCCN)C(=O)N[C@@H](C(C)O)C(=O)N[C@H](C(=O)N[C@H](CO)C(C)O)CSSC1. The van der Waals surface area contributed by atoms with Gasteiger partial charge in [0.05, 0.1) is 24.9 Å². The average Bonchev–Trinajstić information content (AvgIpc) is 3.78. The van der Waals surface area contributed by atoms with E-state index in [4.69, 9.17) is 5.73 Å². The van der Waals surface area contributed by atoms with Gasteiger partial charge in [-0.25, -0.2) is 0 Å². The van der Waals surface area contributed by atoms with Crippen LogP contribution in [-0.2, 0) is 48.0 Å². The highest BCUT2D eigenvalue weighted by atomic mass is 33.1. The Morgan fingerprint density at radius 2 is 1.38 bits per heavy atom. The van der Waals surface area contributed by atoms with Gasteiger partial charge in [-0.2, -0.15) is 0 Å². The standard InChI is InChI=1S/C54H76N8O9S2/c1-33(2)25-39(27-37-17-9-6-10-18-37)50(67)57-41-23-22-38(26-36-15-7-5-8-16-36)49(66)59-45(28-40-29-56-43-20-12-11-19-42(40)43)52(69)58-44(21-13-14-24-55)51(68)62-48(35(4)65)54(71)61-47(32-73-72-31-41)53(70)60-46(30-63)34(3)64/h5-12,15-20,29,33-35,38-39,41,44-48,56,63-65H,13-14,21-28,30-32,55H2,1-4H3,(H,57,67)(H,58,69)(H,59,66)(H,60,70)(H,61,71)(H,62,68)/t34?,35?,38-,39+,41+,44-,45+,46+,47-,48-/m0/s1. The van der Waals surface area contributed by atoms with E-state index in [9.17, 15) is 44.1 Å². The number of aliphatic hydroxyl groups is 3. The van der Waals surface area contributed by atoms with Gasteiger partial charge in [0.1, 0.15) is 24.2 Å². The molecule has 5 rings (SSSR count). The maximum atomic E-state index is 14.9. The fraction of sp³-hybridized carbons (Fsp3) is 0.519. The van der Waals surface area contributed by atoms with Crippen molar-refractivity contribution in [3.63, 3.8) is 0 Å². The summed E-state index contributed by atoms with van der Waals surface area (Å²) in [7, 11) is 2.59. The van der Waals surface area contributed by atoms with Crippen LogP contribution in [0.15, 0.2) is 91.1 Å². The Morgan fingerprint density at radius 3 is 2.04 bits per heavy atom. The van der Waals surface area contributed by atoms with Gasteiger partial charge in [0.15, 0.2) is 0 Å². The number of para-hydroxylation sites is 1. The molecule has 10 atom stereocenters. The summed E-state index contributed by atoms with van der Waals surface area (Å²) in [4.78, 5) is 89.6. The van der Waals surface area contributed by atoms with Crippen molar-refractivity contribution in [2.24, 2.45) is 23.5 Å². The summed E-state index contributed by atoms with van der Waals surface area (Å²) < 4.78 is 0. The van der Waals surface area contributed by atoms with Crippen molar-refractivity contribution >= 4 is 67.9 Å². The lowest BCUT2D eigenvalue weighted by atomic mass is 9.89. The second kappa shape index (κ2) is 30.1. The minimum atomic E-state index is -1.60. The number of aromatic nitrogens is 1. The van der Waals surface area contributed by atoms with Crippen LogP contribution in [0.1, 0.15) is 82.9 Å². The van der Waals surface area contributed by atoms with Crippen LogP contribution in [0.4, 0.5) is 0 Å². The first-order valence-corrected chi connectivity index (χ1v) is 27.9. The van der Waals surface area contributed by atoms with E-state index in [-0.39, 0.29) is 36.3 Å². The molecular weight excluding hydrogens is 969 g/mol. The van der Waals surface area contributed by atoms with Gasteiger partial charge in [-0.3, -0.25) is 28.8 Å². The van der Waals surface area contributed by atoms with Gasteiger partial charge in [0.25, 0.3) is 0 Å². The first kappa shape index (κ1) is 58.4. The Bertz CT molecular complexity index is 2370. The molecule has 1 aliphatic heterocycles. The molecule has 0 saturated carbocycles. The van der Waals surface area contributed by atoms with Gasteiger partial charge >= 0.3 is 0 Å². The van der Waals surface area contributed by atoms with E-state index in [1.807, 2.05) is 84.9 Å². The topological polar surface area (TPSA) is 277 Å². The van der Waals surface area contributed by atoms with E-state index >= 15 is 0 Å². The third-order valence-corrected chi connectivity index (χ3v) is 15.5. The summed E-state index contributed by atoms with van der Waals surface area (Å²) in [5.74, 6) is -4.12. The molecule has 1 aliphatic rings. The predicted octanol–water partition coefficient (Wildman–Crippen LogP) is 3.44. The van der Waals surface area contributed by atoms with Gasteiger partial charge in [-0.15, -0.1) is 0 Å². The molecule has 0 bridgehead atoms. The molecule has 2 heterocycles. The van der Waals surface area contributed by atoms with Crippen LogP contribution in [-0.4, -0.2) is 129 Å². The van der Waals surface area contributed by atoms with Crippen molar-refractivity contribution in [1.82, 2.24) is 36.9 Å². The molecule has 0 spiro atoms.